The van der Waals surface area contributed by atoms with Crippen LogP contribution in [-0.2, 0) is 20.8 Å². The van der Waals surface area contributed by atoms with Crippen molar-refractivity contribution in [2.75, 3.05) is 11.5 Å². The number of H-pyrrole nitrogens is 1. The minimum atomic E-state index is -1.14. The molecule has 15 heteroatoms. The molecule has 7 aliphatic heterocycles. The monoisotopic (exact) mass is 848 g/mol. The molecule has 0 saturated carbocycles. The van der Waals surface area contributed by atoms with Crippen LogP contribution in [0.3, 0.4) is 0 Å². The second-order valence-electron chi connectivity index (χ2n) is 17.5. The van der Waals surface area contributed by atoms with Crippen LogP contribution in [0.25, 0.3) is 21.9 Å². The van der Waals surface area contributed by atoms with Crippen LogP contribution in [-0.4, -0.2) is 67.6 Å². The molecule has 1 aromatic carbocycles. The lowest BCUT2D eigenvalue weighted by Gasteiger charge is -2.48. The molecule has 13 nitrogen and oxygen atoms in total. The maximum Gasteiger partial charge on any atom is 0.342 e. The van der Waals surface area contributed by atoms with Gasteiger partial charge in [0.25, 0.3) is 0 Å². The fourth-order valence-corrected chi connectivity index (χ4v) is 13.1. The Kier molecular flexibility index (Phi) is 8.81. The number of aromatic amines is 1. The zero-order valence-corrected chi connectivity index (χ0v) is 35.0. The number of allylic oxidation sites excluding steroid dienone is 3. The number of esters is 1. The minimum Gasteiger partial charge on any atom is -0.507 e. The van der Waals surface area contributed by atoms with Gasteiger partial charge >= 0.3 is 5.97 Å². The molecule has 0 radical (unpaired) electrons. The average Bonchev–Trinajstić information content (AvgIpc) is 3.55. The summed E-state index contributed by atoms with van der Waals surface area (Å²) in [5, 5.41) is 20.3. The Morgan fingerprint density at radius 3 is 2.78 bits per heavy atom. The van der Waals surface area contributed by atoms with Crippen molar-refractivity contribution in [1.29, 1.82) is 0 Å². The third-order valence-corrected chi connectivity index (χ3v) is 16.0. The molecule has 6 bridgehead atoms. The Bertz CT molecular complexity index is 2660. The lowest BCUT2D eigenvalue weighted by atomic mass is 9.68. The van der Waals surface area contributed by atoms with Crippen LogP contribution in [0.2, 0.25) is 0 Å². The minimum absolute atomic E-state index is 0.0597. The van der Waals surface area contributed by atoms with Crippen LogP contribution in [0.1, 0.15) is 56.3 Å². The first kappa shape index (κ1) is 37.8. The van der Waals surface area contributed by atoms with Crippen molar-refractivity contribution in [3.05, 3.63) is 117 Å². The summed E-state index contributed by atoms with van der Waals surface area (Å²) >= 11 is 0. The number of benzene rings is 1. The molecule has 12 rings (SSSR count). The number of aromatic nitrogens is 2. The summed E-state index contributed by atoms with van der Waals surface area (Å²) in [5.74, 6) is 2.04. The molecule has 10 heterocycles. The van der Waals surface area contributed by atoms with Gasteiger partial charge in [0.2, 0.25) is 0 Å². The van der Waals surface area contributed by atoms with Gasteiger partial charge in [0.1, 0.15) is 45.8 Å². The molecule has 1 aliphatic carbocycles. The molecule has 60 heavy (non-hydrogen) atoms. The number of ether oxygens (including phenoxy) is 3. The number of nitrogens with one attached hydrogen (secondary N) is 3. The predicted molar refractivity (Wildman–Crippen MR) is 232 cm³/mol. The van der Waals surface area contributed by atoms with Crippen molar-refractivity contribution >= 4 is 49.4 Å². The number of aryl methyl sites for hydroxylation is 1. The largest absolute Gasteiger partial charge is 0.507 e. The zero-order valence-electron chi connectivity index (χ0n) is 33.4. The first-order chi connectivity index (χ1) is 29.0. The summed E-state index contributed by atoms with van der Waals surface area (Å²) in [4.78, 5) is 31.4. The van der Waals surface area contributed by atoms with Crippen molar-refractivity contribution in [2.24, 2.45) is 23.3 Å². The van der Waals surface area contributed by atoms with E-state index >= 15 is 0 Å². The normalized spacial score (nSPS) is 33.5. The first-order valence-electron chi connectivity index (χ1n) is 20.8. The number of hydrogen-bond donors (Lipinski definition) is 6. The van der Waals surface area contributed by atoms with Gasteiger partial charge in [-0.2, -0.15) is 0 Å². The van der Waals surface area contributed by atoms with Gasteiger partial charge in [-0.25, -0.2) is 4.79 Å². The van der Waals surface area contributed by atoms with Gasteiger partial charge in [-0.1, -0.05) is 45.9 Å². The number of dihydropyridines is 2. The zero-order chi connectivity index (χ0) is 41.1. The molecule has 2 saturated heterocycles. The van der Waals surface area contributed by atoms with Crippen LogP contribution < -0.4 is 32.3 Å². The molecule has 2 unspecified atom stereocenters. The molecular formula is C45H48N6O7S2. The van der Waals surface area contributed by atoms with Crippen LogP contribution in [0.15, 0.2) is 105 Å². The maximum atomic E-state index is 14.8. The number of rotatable bonds is 2. The summed E-state index contributed by atoms with van der Waals surface area (Å²) in [6, 6.07) is 4.91. The van der Waals surface area contributed by atoms with E-state index in [9.17, 15) is 14.7 Å². The molecular weight excluding hydrogens is 801 g/mol. The highest BCUT2D eigenvalue weighted by Gasteiger charge is 2.69. The molecule has 0 amide bonds. The number of epoxide rings is 1. The molecule has 9 atom stereocenters. The summed E-state index contributed by atoms with van der Waals surface area (Å²) in [5.41, 5.74) is 16.0. The Balaban J connectivity index is 0.969. The molecule has 312 valence electrons. The summed E-state index contributed by atoms with van der Waals surface area (Å²) in [7, 11) is 3.41. The quantitative estimate of drug-likeness (QED) is 0.0596. The number of nitrogens with two attached hydrogens (primary N) is 2. The van der Waals surface area contributed by atoms with Crippen molar-refractivity contribution in [3.63, 3.8) is 0 Å². The van der Waals surface area contributed by atoms with Crippen molar-refractivity contribution in [3.8, 4) is 11.5 Å². The van der Waals surface area contributed by atoms with E-state index in [-0.39, 0.29) is 52.2 Å². The third kappa shape index (κ3) is 6.09. The van der Waals surface area contributed by atoms with Gasteiger partial charge < -0.3 is 55.4 Å². The number of carbonyl (C=O) groups is 1. The van der Waals surface area contributed by atoms with Crippen molar-refractivity contribution in [1.82, 2.24) is 20.2 Å². The molecule has 8 aliphatic rings. The van der Waals surface area contributed by atoms with E-state index in [4.69, 9.17) is 30.1 Å². The van der Waals surface area contributed by atoms with E-state index in [1.807, 2.05) is 19.2 Å². The lowest BCUT2D eigenvalue weighted by molar-refractivity contribution is -0.174. The van der Waals surface area contributed by atoms with Gasteiger partial charge in [0.05, 0.1) is 29.5 Å². The van der Waals surface area contributed by atoms with E-state index in [1.165, 1.54) is 6.07 Å². The summed E-state index contributed by atoms with van der Waals surface area (Å²) in [6.07, 6.45) is 19.0. The fraction of sp³-hybridized carbons (Fsp3) is 0.422. The highest BCUT2D eigenvalue weighted by atomic mass is 33.1. The van der Waals surface area contributed by atoms with E-state index in [2.05, 4.69) is 62.9 Å². The van der Waals surface area contributed by atoms with E-state index in [0.717, 1.165) is 34.0 Å². The molecule has 2 fully saturated rings. The first-order valence-corrected chi connectivity index (χ1v) is 23.3. The van der Waals surface area contributed by atoms with Gasteiger partial charge in [0.15, 0.2) is 11.0 Å². The number of carbonyl (C=O) groups excluding carboxylic acids is 1. The van der Waals surface area contributed by atoms with Crippen LogP contribution in [0.4, 0.5) is 0 Å². The van der Waals surface area contributed by atoms with Gasteiger partial charge in [0, 0.05) is 83.6 Å². The lowest BCUT2D eigenvalue weighted by Crippen LogP contribution is -2.55. The van der Waals surface area contributed by atoms with Crippen LogP contribution in [0.5, 0.6) is 11.5 Å². The average molecular weight is 849 g/mol. The molecule has 8 N–H and O–H groups in total. The van der Waals surface area contributed by atoms with E-state index in [0.29, 0.717) is 72.4 Å². The second kappa shape index (κ2) is 14.0. The number of hydrogen-bond acceptors (Lipinski definition) is 13. The standard InChI is InChI=1S/C45H48N6O7S2/c1-22-13-32(52)38-33(55-22)17-34-39(40(38)53)37-24-4-6-26(7-5-24)45-35(58-45)8-3-23-14-30(50-36(46)15-23)28-16-27(19-51-18-25-9-11-48-31(25)20-51)49-42(47)29(28)21-60-59-12-10-44(2,57-34)41(37)56-43(45)54/h4,6,9,11,13-18,20,24,26-27,30,35,37,41,48-50,53H,3,5,7-8,10,12,19,21,46-47H2,1-2H3/t24-,26+,27?,30?,35+,37-,41+,44-,45-/m0/s1. The third-order valence-electron chi connectivity index (χ3n) is 13.7. The van der Waals surface area contributed by atoms with Gasteiger partial charge in [-0.05, 0) is 68.7 Å². The summed E-state index contributed by atoms with van der Waals surface area (Å²) in [6.45, 7) is 4.40. The Hall–Kier alpha value is -5.12. The maximum absolute atomic E-state index is 14.8. The number of phenolic OH excluding ortho intramolecular Hbond substituents is 1. The highest BCUT2D eigenvalue weighted by molar-refractivity contribution is 8.76. The van der Waals surface area contributed by atoms with Gasteiger partial charge in [-0.15, -0.1) is 0 Å². The van der Waals surface area contributed by atoms with Crippen LogP contribution in [0, 0.1) is 18.8 Å². The molecule has 3 aromatic heterocycles. The molecule has 1 spiro atoms. The molecule has 4 aromatic rings. The van der Waals surface area contributed by atoms with E-state index < -0.39 is 29.2 Å². The smallest absolute Gasteiger partial charge is 0.342 e. The van der Waals surface area contributed by atoms with Crippen molar-refractivity contribution in [2.45, 2.75) is 93.9 Å². The topological polar surface area (TPSA) is 195 Å². The van der Waals surface area contributed by atoms with Gasteiger partial charge in [-0.3, -0.25) is 4.79 Å². The van der Waals surface area contributed by atoms with E-state index in [1.54, 1.807) is 34.6 Å². The van der Waals surface area contributed by atoms with Crippen LogP contribution >= 0.6 is 21.6 Å². The number of fused-ring (bicyclic) bond motifs is 7. The second-order valence-corrected chi connectivity index (χ2v) is 20.1. The number of nitrogens with zero attached hydrogens (tertiary/aromatic N) is 1. The Morgan fingerprint density at radius 1 is 1.07 bits per heavy atom. The summed E-state index contributed by atoms with van der Waals surface area (Å²) < 4.78 is 28.4. The number of phenols is 1. The SMILES string of the molecule is Cc1cc(=O)c2c(O)c3c(cc2o1)O[C@@]1(C)CCSSCC2=C(N)NC(Cn4cc5cc[nH]c5c4)C=C2C2C=C(C=C(N)N2)CC[C@H]2O[C@]24C(=O)O[C@@H]1[C@H]3[C@H]1C=C[C@@H]4CC1. The predicted octanol–water partition coefficient (Wildman–Crippen LogP) is 6.00. The Morgan fingerprint density at radius 2 is 1.95 bits per heavy atom. The fourth-order valence-electron chi connectivity index (χ4n) is 10.8. The Labute approximate surface area is 354 Å². The van der Waals surface area contributed by atoms with Crippen molar-refractivity contribution < 1.29 is 28.5 Å². The number of aromatic hydroxyl groups is 1. The highest BCUT2D eigenvalue weighted by Crippen LogP contribution is 2.59.